The minimum atomic E-state index is -0.343. The highest BCUT2D eigenvalue weighted by atomic mass is 32.1. The number of hydrogen-bond acceptors (Lipinski definition) is 7. The van der Waals surface area contributed by atoms with E-state index >= 15 is 0 Å². The number of ether oxygens (including phenoxy) is 1. The van der Waals surface area contributed by atoms with Crippen LogP contribution in [0.25, 0.3) is 27.3 Å². The summed E-state index contributed by atoms with van der Waals surface area (Å²) in [6, 6.07) is 16.8. The minimum absolute atomic E-state index is 0.267. The molecule has 5 rings (SSSR count). The van der Waals surface area contributed by atoms with E-state index in [2.05, 4.69) is 25.4 Å². The molecule has 0 spiro atoms. The minimum Gasteiger partial charge on any atom is -0.481 e. The predicted octanol–water partition coefficient (Wildman–Crippen LogP) is 4.51. The van der Waals surface area contributed by atoms with Crippen LogP contribution in [0.4, 0.5) is 5.69 Å². The lowest BCUT2D eigenvalue weighted by molar-refractivity contribution is 0.102. The average Bonchev–Trinajstić information content (AvgIpc) is 3.46. The first-order chi connectivity index (χ1) is 15.6. The first kappa shape index (κ1) is 19.8. The molecule has 1 amide bonds. The van der Waals surface area contributed by atoms with Crippen molar-refractivity contribution in [2.45, 2.75) is 6.92 Å². The molecule has 32 heavy (non-hydrogen) atoms. The van der Waals surface area contributed by atoms with E-state index in [0.717, 1.165) is 27.2 Å². The van der Waals surface area contributed by atoms with Crippen molar-refractivity contribution in [1.29, 1.82) is 0 Å². The van der Waals surface area contributed by atoms with Crippen LogP contribution in [0.1, 0.15) is 16.2 Å². The fraction of sp³-hybridized carbons (Fsp3) is 0.0870. The highest BCUT2D eigenvalue weighted by molar-refractivity contribution is 7.16. The van der Waals surface area contributed by atoms with Crippen LogP contribution in [-0.4, -0.2) is 37.7 Å². The molecule has 0 aliphatic heterocycles. The first-order valence-electron chi connectivity index (χ1n) is 9.80. The van der Waals surface area contributed by atoms with Gasteiger partial charge in [0.15, 0.2) is 11.5 Å². The molecule has 0 bridgehead atoms. The molecule has 0 unspecified atom stereocenters. The summed E-state index contributed by atoms with van der Waals surface area (Å²) in [4.78, 5) is 26.0. The number of anilines is 1. The number of aromatic nitrogens is 5. The Labute approximate surface area is 187 Å². The number of carbonyl (C=O) groups excluding carboxylic acids is 1. The van der Waals surface area contributed by atoms with E-state index in [1.54, 1.807) is 40.4 Å². The van der Waals surface area contributed by atoms with Crippen molar-refractivity contribution in [3.8, 4) is 23.0 Å². The Morgan fingerprint density at radius 2 is 2.00 bits per heavy atom. The number of thiazole rings is 1. The van der Waals surface area contributed by atoms with Gasteiger partial charge in [-0.1, -0.05) is 12.1 Å². The standard InChI is InChI=1S/C23H18N6O2S/c1-14-4-3-5-21(26-14)29-19(15-6-7-17-20(10-15)32-13-25-17)12-18(28-29)23(30)27-16-8-9-24-22(11-16)31-2/h3-13H,1-2H3,(H,24,27,30). The summed E-state index contributed by atoms with van der Waals surface area (Å²) in [5, 5.41) is 7.44. The van der Waals surface area contributed by atoms with Crippen molar-refractivity contribution >= 4 is 33.1 Å². The Kier molecular flexibility index (Phi) is 5.08. The number of hydrogen-bond donors (Lipinski definition) is 1. The zero-order valence-corrected chi connectivity index (χ0v) is 18.1. The number of amides is 1. The number of methoxy groups -OCH3 is 1. The Morgan fingerprint density at radius 3 is 2.84 bits per heavy atom. The van der Waals surface area contributed by atoms with Gasteiger partial charge in [0.05, 0.1) is 28.5 Å². The molecule has 0 aliphatic rings. The van der Waals surface area contributed by atoms with Crippen LogP contribution in [0.3, 0.4) is 0 Å². The molecule has 0 saturated carbocycles. The van der Waals surface area contributed by atoms with Gasteiger partial charge in [-0.2, -0.15) is 5.10 Å². The summed E-state index contributed by atoms with van der Waals surface area (Å²) < 4.78 is 7.88. The second kappa shape index (κ2) is 8.20. The highest BCUT2D eigenvalue weighted by Crippen LogP contribution is 2.29. The SMILES string of the molecule is COc1cc(NC(=O)c2cc(-c3ccc4ncsc4c3)n(-c3cccc(C)n3)n2)ccn1. The normalized spacial score (nSPS) is 10.9. The molecule has 158 valence electrons. The van der Waals surface area contributed by atoms with E-state index in [-0.39, 0.29) is 11.6 Å². The quantitative estimate of drug-likeness (QED) is 0.430. The van der Waals surface area contributed by atoms with Gasteiger partial charge in [-0.15, -0.1) is 11.3 Å². The second-order valence-corrected chi connectivity index (χ2v) is 7.93. The van der Waals surface area contributed by atoms with Crippen LogP contribution >= 0.6 is 11.3 Å². The fourth-order valence-corrected chi connectivity index (χ4v) is 4.04. The number of nitrogens with zero attached hydrogens (tertiary/aromatic N) is 5. The fourth-order valence-electron chi connectivity index (χ4n) is 3.33. The maximum absolute atomic E-state index is 13.0. The molecule has 0 radical (unpaired) electrons. The van der Waals surface area contributed by atoms with E-state index in [1.165, 1.54) is 7.11 Å². The maximum Gasteiger partial charge on any atom is 0.276 e. The van der Waals surface area contributed by atoms with Crippen molar-refractivity contribution in [3.05, 3.63) is 77.7 Å². The maximum atomic E-state index is 13.0. The summed E-state index contributed by atoms with van der Waals surface area (Å²) in [5.74, 6) is 0.703. The molecule has 5 aromatic rings. The largest absolute Gasteiger partial charge is 0.481 e. The number of carbonyl (C=O) groups is 1. The molecule has 4 aromatic heterocycles. The van der Waals surface area contributed by atoms with Crippen LogP contribution in [0.5, 0.6) is 5.88 Å². The lowest BCUT2D eigenvalue weighted by Gasteiger charge is -2.07. The van der Waals surface area contributed by atoms with Crippen molar-refractivity contribution in [2.24, 2.45) is 0 Å². The smallest absolute Gasteiger partial charge is 0.276 e. The van der Waals surface area contributed by atoms with E-state index in [9.17, 15) is 4.79 Å². The molecule has 0 saturated heterocycles. The van der Waals surface area contributed by atoms with Gasteiger partial charge in [0, 0.05) is 29.2 Å². The summed E-state index contributed by atoms with van der Waals surface area (Å²) in [6.45, 7) is 1.92. The van der Waals surface area contributed by atoms with Crippen molar-refractivity contribution in [1.82, 2.24) is 24.7 Å². The number of aryl methyl sites for hydroxylation is 1. The van der Waals surface area contributed by atoms with Gasteiger partial charge in [-0.05, 0) is 43.3 Å². The molecule has 0 aliphatic carbocycles. The van der Waals surface area contributed by atoms with Gasteiger partial charge in [0.1, 0.15) is 0 Å². The molecule has 1 aromatic carbocycles. The van der Waals surface area contributed by atoms with Gasteiger partial charge < -0.3 is 10.1 Å². The molecule has 1 N–H and O–H groups in total. The number of benzene rings is 1. The van der Waals surface area contributed by atoms with E-state index in [0.29, 0.717) is 17.4 Å². The molecule has 0 fully saturated rings. The molecule has 4 heterocycles. The van der Waals surface area contributed by atoms with Crippen LogP contribution in [0.15, 0.2) is 66.3 Å². The number of fused-ring (bicyclic) bond motifs is 1. The molecule has 0 atom stereocenters. The van der Waals surface area contributed by atoms with Crippen LogP contribution in [0.2, 0.25) is 0 Å². The topological polar surface area (TPSA) is 94.8 Å². The number of nitrogens with one attached hydrogen (secondary N) is 1. The van der Waals surface area contributed by atoms with Gasteiger partial charge >= 0.3 is 0 Å². The van der Waals surface area contributed by atoms with Crippen molar-refractivity contribution in [2.75, 3.05) is 12.4 Å². The summed E-state index contributed by atoms with van der Waals surface area (Å²) in [5.41, 5.74) is 6.12. The number of rotatable bonds is 5. The predicted molar refractivity (Wildman–Crippen MR) is 123 cm³/mol. The van der Waals surface area contributed by atoms with Crippen molar-refractivity contribution < 1.29 is 9.53 Å². The van der Waals surface area contributed by atoms with Gasteiger partial charge in [-0.25, -0.2) is 19.6 Å². The Hall–Kier alpha value is -4.11. The van der Waals surface area contributed by atoms with E-state index in [1.807, 2.05) is 48.8 Å². The summed E-state index contributed by atoms with van der Waals surface area (Å²) in [6.07, 6.45) is 1.57. The zero-order chi connectivity index (χ0) is 22.1. The molecular weight excluding hydrogens is 424 g/mol. The third-order valence-corrected chi connectivity index (χ3v) is 5.65. The second-order valence-electron chi connectivity index (χ2n) is 7.04. The third kappa shape index (κ3) is 3.81. The summed E-state index contributed by atoms with van der Waals surface area (Å²) >= 11 is 1.57. The van der Waals surface area contributed by atoms with E-state index in [4.69, 9.17) is 4.74 Å². The lowest BCUT2D eigenvalue weighted by Crippen LogP contribution is -2.13. The molecular formula is C23H18N6O2S. The zero-order valence-electron chi connectivity index (χ0n) is 17.3. The average molecular weight is 443 g/mol. The van der Waals surface area contributed by atoms with Crippen LogP contribution in [-0.2, 0) is 0 Å². The number of pyridine rings is 2. The van der Waals surface area contributed by atoms with Gasteiger partial charge in [0.2, 0.25) is 5.88 Å². The van der Waals surface area contributed by atoms with Gasteiger partial charge in [-0.3, -0.25) is 4.79 Å². The van der Waals surface area contributed by atoms with Crippen LogP contribution in [0, 0.1) is 6.92 Å². The third-order valence-electron chi connectivity index (χ3n) is 4.86. The van der Waals surface area contributed by atoms with Gasteiger partial charge in [0.25, 0.3) is 5.91 Å². The first-order valence-corrected chi connectivity index (χ1v) is 10.7. The Morgan fingerprint density at radius 1 is 1.09 bits per heavy atom. The molecule has 9 heteroatoms. The lowest BCUT2D eigenvalue weighted by atomic mass is 10.1. The Bertz CT molecular complexity index is 1440. The van der Waals surface area contributed by atoms with Crippen LogP contribution < -0.4 is 10.1 Å². The Balaban J connectivity index is 1.58. The monoisotopic (exact) mass is 442 g/mol. The van der Waals surface area contributed by atoms with E-state index < -0.39 is 0 Å². The molecule has 8 nitrogen and oxygen atoms in total. The van der Waals surface area contributed by atoms with Crippen molar-refractivity contribution in [3.63, 3.8) is 0 Å². The highest BCUT2D eigenvalue weighted by Gasteiger charge is 2.18. The summed E-state index contributed by atoms with van der Waals surface area (Å²) in [7, 11) is 1.52.